The number of aromatic nitrogens is 4. The number of hydrogen-bond donors (Lipinski definition) is 1. The molecule has 5 rings (SSSR count). The first-order chi connectivity index (χ1) is 15.5. The van der Waals surface area contributed by atoms with Crippen molar-refractivity contribution in [1.29, 1.82) is 0 Å². The van der Waals surface area contributed by atoms with Gasteiger partial charge in [-0.15, -0.1) is 0 Å². The van der Waals surface area contributed by atoms with Crippen molar-refractivity contribution in [2.24, 2.45) is 0 Å². The molecule has 8 heteroatoms. The molecule has 0 amide bonds. The fourth-order valence-electron chi connectivity index (χ4n) is 3.55. The summed E-state index contributed by atoms with van der Waals surface area (Å²) in [6.07, 6.45) is 5.29. The minimum Gasteiger partial charge on any atom is -0.478 e. The molecule has 0 saturated carbocycles. The Kier molecular flexibility index (Phi) is 4.80. The van der Waals surface area contributed by atoms with Crippen LogP contribution in [0.1, 0.15) is 21.9 Å². The third kappa shape index (κ3) is 3.34. The molecule has 0 bridgehead atoms. The Hall–Kier alpha value is -4.23. The Morgan fingerprint density at radius 1 is 0.938 bits per heavy atom. The number of aromatic carboxylic acids is 1. The number of rotatable bonds is 4. The minimum atomic E-state index is -1.04. The smallest absolute Gasteiger partial charge is 0.335 e. The Morgan fingerprint density at radius 3 is 2.47 bits per heavy atom. The summed E-state index contributed by atoms with van der Waals surface area (Å²) in [5.74, 6) is -0.665. The molecule has 3 aromatic heterocycles. The van der Waals surface area contributed by atoms with Crippen LogP contribution in [-0.4, -0.2) is 30.0 Å². The van der Waals surface area contributed by atoms with Crippen LogP contribution in [0.4, 0.5) is 0 Å². The third-order valence-corrected chi connectivity index (χ3v) is 5.36. The van der Waals surface area contributed by atoms with Gasteiger partial charge in [0.15, 0.2) is 5.15 Å². The normalized spacial score (nSPS) is 11.5. The van der Waals surface area contributed by atoms with Crippen LogP contribution < -0.4 is 5.56 Å². The molecular weight excluding hydrogens is 428 g/mol. The summed E-state index contributed by atoms with van der Waals surface area (Å²) in [5.41, 5.74) is 2.28. The lowest BCUT2D eigenvalue weighted by Gasteiger charge is -2.11. The fraction of sp³-hybridized carbons (Fsp3) is 0. The van der Waals surface area contributed by atoms with Gasteiger partial charge in [-0.25, -0.2) is 14.8 Å². The van der Waals surface area contributed by atoms with Crippen LogP contribution in [0.3, 0.4) is 0 Å². The van der Waals surface area contributed by atoms with Crippen molar-refractivity contribution >= 4 is 46.3 Å². The van der Waals surface area contributed by atoms with E-state index in [1.807, 2.05) is 34.9 Å². The topological polar surface area (TPSA) is 89.5 Å². The average molecular weight is 443 g/mol. The Bertz CT molecular complexity index is 1580. The van der Waals surface area contributed by atoms with Crippen molar-refractivity contribution in [2.45, 2.75) is 0 Å². The van der Waals surface area contributed by atoms with E-state index in [0.717, 1.165) is 0 Å². The lowest BCUT2D eigenvalue weighted by Crippen LogP contribution is -2.22. The molecule has 0 fully saturated rings. The van der Waals surface area contributed by atoms with E-state index in [2.05, 4.69) is 9.97 Å². The van der Waals surface area contributed by atoms with E-state index in [9.17, 15) is 14.7 Å². The number of carboxylic acid groups (broad SMARTS) is 1. The van der Waals surface area contributed by atoms with Crippen LogP contribution >= 0.6 is 11.6 Å². The van der Waals surface area contributed by atoms with E-state index >= 15 is 0 Å². The molecule has 0 unspecified atom stereocenters. The van der Waals surface area contributed by atoms with Gasteiger partial charge < -0.3 is 5.11 Å². The van der Waals surface area contributed by atoms with Crippen molar-refractivity contribution in [1.82, 2.24) is 18.9 Å². The second kappa shape index (κ2) is 7.79. The van der Waals surface area contributed by atoms with Crippen molar-refractivity contribution in [3.05, 3.63) is 106 Å². The maximum atomic E-state index is 13.3. The third-order valence-electron chi connectivity index (χ3n) is 5.09. The van der Waals surface area contributed by atoms with E-state index in [-0.39, 0.29) is 11.1 Å². The zero-order valence-corrected chi connectivity index (χ0v) is 17.3. The van der Waals surface area contributed by atoms with Crippen LogP contribution in [0.25, 0.3) is 34.4 Å². The van der Waals surface area contributed by atoms with E-state index < -0.39 is 5.97 Å². The molecule has 7 nitrogen and oxygen atoms in total. The highest BCUT2D eigenvalue weighted by atomic mass is 35.5. The monoisotopic (exact) mass is 442 g/mol. The van der Waals surface area contributed by atoms with Gasteiger partial charge in [0, 0.05) is 6.20 Å². The van der Waals surface area contributed by atoms with Crippen LogP contribution in [0.2, 0.25) is 5.15 Å². The Labute approximate surface area is 186 Å². The number of benzene rings is 2. The van der Waals surface area contributed by atoms with Gasteiger partial charge in [-0.05, 0) is 60.7 Å². The van der Waals surface area contributed by atoms with Crippen LogP contribution in [0.15, 0.2) is 77.7 Å². The van der Waals surface area contributed by atoms with E-state index in [1.165, 1.54) is 16.7 Å². The zero-order valence-electron chi connectivity index (χ0n) is 16.5. The van der Waals surface area contributed by atoms with E-state index in [0.29, 0.717) is 38.9 Å². The molecule has 0 saturated heterocycles. The van der Waals surface area contributed by atoms with Gasteiger partial charge in [0.25, 0.3) is 5.56 Å². The second-order valence-electron chi connectivity index (χ2n) is 7.03. The van der Waals surface area contributed by atoms with Gasteiger partial charge >= 0.3 is 5.97 Å². The molecule has 3 heterocycles. The average Bonchev–Trinajstić information content (AvgIpc) is 3.13. The molecule has 2 aromatic carbocycles. The number of carbonyl (C=O) groups is 1. The number of fused-ring (bicyclic) bond motifs is 2. The maximum Gasteiger partial charge on any atom is 0.335 e. The van der Waals surface area contributed by atoms with Crippen molar-refractivity contribution in [3.8, 4) is 5.69 Å². The number of hydrogen-bond acceptors (Lipinski definition) is 4. The van der Waals surface area contributed by atoms with Gasteiger partial charge in [-0.3, -0.25) is 13.8 Å². The van der Waals surface area contributed by atoms with E-state index in [4.69, 9.17) is 11.6 Å². The van der Waals surface area contributed by atoms with E-state index in [1.54, 1.807) is 42.5 Å². The molecule has 0 aliphatic heterocycles. The summed E-state index contributed by atoms with van der Waals surface area (Å²) in [7, 11) is 0. The Morgan fingerprint density at radius 2 is 1.69 bits per heavy atom. The minimum absolute atomic E-state index is 0.130. The first-order valence-corrected chi connectivity index (χ1v) is 10.1. The summed E-state index contributed by atoms with van der Waals surface area (Å²) >= 11 is 6.34. The summed E-state index contributed by atoms with van der Waals surface area (Å²) in [4.78, 5) is 33.6. The standard InChI is InChI=1S/C24H15ClN4O3/c25-22-19(28-14-4-3-7-20(28)27-22)12-13-21-26-18-6-2-1-5-17(18)23(30)29(21)16-10-8-15(9-11-16)24(31)32/h1-14H,(H,31,32)/b13-12+. The van der Waals surface area contributed by atoms with Crippen LogP contribution in [-0.2, 0) is 0 Å². The summed E-state index contributed by atoms with van der Waals surface area (Å²) in [5, 5.41) is 9.97. The highest BCUT2D eigenvalue weighted by Crippen LogP contribution is 2.21. The van der Waals surface area contributed by atoms with Gasteiger partial charge in [-0.2, -0.15) is 0 Å². The number of imidazole rings is 1. The first-order valence-electron chi connectivity index (χ1n) is 9.69. The lowest BCUT2D eigenvalue weighted by atomic mass is 10.2. The summed E-state index contributed by atoms with van der Waals surface area (Å²) in [6, 6.07) is 18.7. The van der Waals surface area contributed by atoms with Crippen molar-refractivity contribution in [2.75, 3.05) is 0 Å². The predicted octanol–water partition coefficient (Wildman–Crippen LogP) is 4.56. The highest BCUT2D eigenvalue weighted by Gasteiger charge is 2.13. The molecule has 0 atom stereocenters. The van der Waals surface area contributed by atoms with Gasteiger partial charge in [0.2, 0.25) is 0 Å². The number of nitrogens with zero attached hydrogens (tertiary/aromatic N) is 4. The zero-order chi connectivity index (χ0) is 22.2. The second-order valence-corrected chi connectivity index (χ2v) is 7.39. The number of pyridine rings is 1. The number of carboxylic acids is 1. The molecule has 0 aliphatic rings. The first kappa shape index (κ1) is 19.7. The predicted molar refractivity (Wildman–Crippen MR) is 123 cm³/mol. The molecule has 1 N–H and O–H groups in total. The van der Waals surface area contributed by atoms with Gasteiger partial charge in [-0.1, -0.05) is 29.8 Å². The molecular formula is C24H15ClN4O3. The maximum absolute atomic E-state index is 13.3. The Balaban J connectivity index is 1.72. The molecule has 0 radical (unpaired) electrons. The number of para-hydroxylation sites is 1. The molecule has 5 aromatic rings. The van der Waals surface area contributed by atoms with Crippen molar-refractivity contribution in [3.63, 3.8) is 0 Å². The quantitative estimate of drug-likeness (QED) is 0.441. The van der Waals surface area contributed by atoms with Crippen LogP contribution in [0.5, 0.6) is 0 Å². The summed E-state index contributed by atoms with van der Waals surface area (Å²) in [6.45, 7) is 0. The van der Waals surface area contributed by atoms with Gasteiger partial charge in [0.05, 0.1) is 27.8 Å². The number of halogens is 1. The highest BCUT2D eigenvalue weighted by molar-refractivity contribution is 6.31. The van der Waals surface area contributed by atoms with Gasteiger partial charge in [0.1, 0.15) is 11.5 Å². The lowest BCUT2D eigenvalue weighted by molar-refractivity contribution is 0.0697. The largest absolute Gasteiger partial charge is 0.478 e. The fourth-order valence-corrected chi connectivity index (χ4v) is 3.79. The van der Waals surface area contributed by atoms with Crippen molar-refractivity contribution < 1.29 is 9.90 Å². The SMILES string of the molecule is O=C(O)c1ccc(-n2c(/C=C/c3c(Cl)nc4ccccn34)nc3ccccc3c2=O)cc1. The molecule has 0 aliphatic carbocycles. The molecule has 156 valence electrons. The van der Waals surface area contributed by atoms with Crippen LogP contribution in [0, 0.1) is 0 Å². The molecule has 32 heavy (non-hydrogen) atoms. The molecule has 0 spiro atoms. The summed E-state index contributed by atoms with van der Waals surface area (Å²) < 4.78 is 3.28.